The summed E-state index contributed by atoms with van der Waals surface area (Å²) in [5, 5.41) is 105. The molecule has 15 atom stereocenters. The SMILES string of the molecule is NCCNC(=O)CCCCCCCCO[C@H]1O[C@H](CO[C@H]2O[C@H](CO)[C@@H](O)[C@H](O)[C@@H]2O)[C@@H](O)[C@H](O[C@H]2O[C@H](CO)[C@@H](O)[C@H](O)[C@@H]2O)[C@@H]1O. The Kier molecular flexibility index (Phi) is 17.7. The second kappa shape index (κ2) is 20.6. The molecule has 0 unspecified atom stereocenters. The molecule has 13 N–H and O–H groups in total. The molecule has 3 heterocycles. The molecule has 1 amide bonds. The third-order valence-corrected chi connectivity index (χ3v) is 8.60. The summed E-state index contributed by atoms with van der Waals surface area (Å²) in [5.74, 6) is -0.0317. The Morgan fingerprint density at radius 3 is 1.73 bits per heavy atom. The van der Waals surface area contributed by atoms with E-state index in [2.05, 4.69) is 5.32 Å². The van der Waals surface area contributed by atoms with E-state index in [-0.39, 0.29) is 12.5 Å². The number of hydrogen-bond acceptors (Lipinski definition) is 18. The lowest BCUT2D eigenvalue weighted by atomic mass is 9.96. The van der Waals surface area contributed by atoms with Crippen molar-refractivity contribution in [2.75, 3.05) is 39.5 Å². The topological polar surface area (TPSA) is 313 Å². The predicted molar refractivity (Wildman–Crippen MR) is 159 cm³/mol. The second-order valence-electron chi connectivity index (χ2n) is 12.2. The Morgan fingerprint density at radius 2 is 1.12 bits per heavy atom. The number of aliphatic hydroxyl groups excluding tert-OH is 10. The van der Waals surface area contributed by atoms with Crippen LogP contribution < -0.4 is 11.1 Å². The van der Waals surface area contributed by atoms with E-state index in [0.29, 0.717) is 25.9 Å². The van der Waals surface area contributed by atoms with Gasteiger partial charge >= 0.3 is 0 Å². The molecule has 282 valence electrons. The Labute approximate surface area is 278 Å². The van der Waals surface area contributed by atoms with Gasteiger partial charge in [-0.1, -0.05) is 25.7 Å². The first-order valence-corrected chi connectivity index (χ1v) is 16.4. The molecular formula is C29H54N2O17. The van der Waals surface area contributed by atoms with E-state index in [1.807, 2.05) is 0 Å². The van der Waals surface area contributed by atoms with E-state index in [4.69, 9.17) is 34.2 Å². The molecular weight excluding hydrogens is 648 g/mol. The number of carbonyl (C=O) groups excluding carboxylic acids is 1. The van der Waals surface area contributed by atoms with Crippen molar-refractivity contribution >= 4 is 5.91 Å². The molecule has 19 heteroatoms. The van der Waals surface area contributed by atoms with E-state index in [1.165, 1.54) is 0 Å². The highest BCUT2D eigenvalue weighted by Crippen LogP contribution is 2.31. The first-order chi connectivity index (χ1) is 22.9. The smallest absolute Gasteiger partial charge is 0.220 e. The summed E-state index contributed by atoms with van der Waals surface area (Å²) >= 11 is 0. The fraction of sp³-hybridized carbons (Fsp3) is 0.966. The van der Waals surface area contributed by atoms with Gasteiger partial charge in [0.1, 0.15) is 73.2 Å². The molecule has 0 aromatic carbocycles. The highest BCUT2D eigenvalue weighted by atomic mass is 16.7. The van der Waals surface area contributed by atoms with E-state index in [9.17, 15) is 55.9 Å². The molecule has 0 radical (unpaired) electrons. The van der Waals surface area contributed by atoms with E-state index in [0.717, 1.165) is 32.1 Å². The van der Waals surface area contributed by atoms with Crippen molar-refractivity contribution in [1.82, 2.24) is 5.32 Å². The molecule has 3 fully saturated rings. The van der Waals surface area contributed by atoms with E-state index >= 15 is 0 Å². The zero-order valence-electron chi connectivity index (χ0n) is 26.8. The predicted octanol–water partition coefficient (Wildman–Crippen LogP) is -5.74. The molecule has 48 heavy (non-hydrogen) atoms. The largest absolute Gasteiger partial charge is 0.394 e. The Bertz CT molecular complexity index is 921. The minimum absolute atomic E-state index is 0.0317. The van der Waals surface area contributed by atoms with Gasteiger partial charge in [0.2, 0.25) is 5.91 Å². The van der Waals surface area contributed by atoms with Crippen molar-refractivity contribution in [3.63, 3.8) is 0 Å². The van der Waals surface area contributed by atoms with Gasteiger partial charge in [-0.3, -0.25) is 4.79 Å². The highest BCUT2D eigenvalue weighted by molar-refractivity contribution is 5.75. The van der Waals surface area contributed by atoms with Gasteiger partial charge in [0.05, 0.1) is 19.8 Å². The molecule has 3 rings (SSSR count). The van der Waals surface area contributed by atoms with Crippen LogP contribution in [0.5, 0.6) is 0 Å². The summed E-state index contributed by atoms with van der Waals surface area (Å²) in [5.41, 5.74) is 5.37. The number of nitrogens with one attached hydrogen (secondary N) is 1. The van der Waals surface area contributed by atoms with Crippen molar-refractivity contribution in [1.29, 1.82) is 0 Å². The number of rotatable bonds is 19. The normalized spacial score (nSPS) is 40.5. The molecule has 0 aromatic heterocycles. The van der Waals surface area contributed by atoms with Crippen LogP contribution in [0.4, 0.5) is 0 Å². The van der Waals surface area contributed by atoms with Crippen LogP contribution in [-0.2, 0) is 33.2 Å². The van der Waals surface area contributed by atoms with Crippen molar-refractivity contribution in [2.24, 2.45) is 5.73 Å². The Balaban J connectivity index is 1.59. The summed E-state index contributed by atoms with van der Waals surface area (Å²) in [6.07, 6.45) is -18.9. The first kappa shape index (κ1) is 41.2. The molecule has 0 aromatic rings. The fourth-order valence-electron chi connectivity index (χ4n) is 5.66. The van der Waals surface area contributed by atoms with Gasteiger partial charge in [0.25, 0.3) is 0 Å². The number of ether oxygens (including phenoxy) is 6. The quantitative estimate of drug-likeness (QED) is 0.0558. The van der Waals surface area contributed by atoms with Crippen LogP contribution in [0, 0.1) is 0 Å². The first-order valence-electron chi connectivity index (χ1n) is 16.4. The number of hydrogen-bond donors (Lipinski definition) is 12. The number of nitrogens with two attached hydrogens (primary N) is 1. The lowest BCUT2D eigenvalue weighted by molar-refractivity contribution is -0.366. The Morgan fingerprint density at radius 1 is 0.604 bits per heavy atom. The monoisotopic (exact) mass is 702 g/mol. The second-order valence-corrected chi connectivity index (χ2v) is 12.2. The molecule has 19 nitrogen and oxygen atoms in total. The van der Waals surface area contributed by atoms with Crippen molar-refractivity contribution in [2.45, 2.75) is 137 Å². The third kappa shape index (κ3) is 11.1. The summed E-state index contributed by atoms with van der Waals surface area (Å²) in [7, 11) is 0. The third-order valence-electron chi connectivity index (χ3n) is 8.60. The fourth-order valence-corrected chi connectivity index (χ4v) is 5.66. The van der Waals surface area contributed by atoms with Gasteiger partial charge in [-0.25, -0.2) is 0 Å². The number of amides is 1. The number of carbonyl (C=O) groups is 1. The highest BCUT2D eigenvalue weighted by Gasteiger charge is 2.52. The molecule has 3 aliphatic heterocycles. The average molecular weight is 703 g/mol. The lowest BCUT2D eigenvalue weighted by Gasteiger charge is -2.46. The zero-order valence-corrected chi connectivity index (χ0v) is 26.8. The average Bonchev–Trinajstić information content (AvgIpc) is 3.08. The van der Waals surface area contributed by atoms with Gasteiger partial charge < -0.3 is 90.5 Å². The molecule has 0 aliphatic carbocycles. The molecule has 0 spiro atoms. The van der Waals surface area contributed by atoms with Gasteiger partial charge in [0, 0.05) is 26.1 Å². The van der Waals surface area contributed by atoms with Crippen LogP contribution in [0.3, 0.4) is 0 Å². The summed E-state index contributed by atoms with van der Waals surface area (Å²) < 4.78 is 33.5. The van der Waals surface area contributed by atoms with Crippen LogP contribution in [0.15, 0.2) is 0 Å². The van der Waals surface area contributed by atoms with Crippen molar-refractivity contribution in [3.8, 4) is 0 Å². The van der Waals surface area contributed by atoms with Crippen LogP contribution in [0.1, 0.15) is 44.9 Å². The van der Waals surface area contributed by atoms with Crippen LogP contribution in [0.25, 0.3) is 0 Å². The zero-order chi connectivity index (χ0) is 35.4. The minimum atomic E-state index is -1.84. The van der Waals surface area contributed by atoms with Gasteiger partial charge in [-0.2, -0.15) is 0 Å². The van der Waals surface area contributed by atoms with Gasteiger partial charge in [0.15, 0.2) is 18.9 Å². The lowest BCUT2D eigenvalue weighted by Crippen LogP contribution is -2.65. The summed E-state index contributed by atoms with van der Waals surface area (Å²) in [4.78, 5) is 11.6. The summed E-state index contributed by atoms with van der Waals surface area (Å²) in [6.45, 7) is -1.03. The molecule has 3 aliphatic rings. The van der Waals surface area contributed by atoms with Crippen molar-refractivity contribution < 1.29 is 84.3 Å². The van der Waals surface area contributed by atoms with E-state index in [1.54, 1.807) is 0 Å². The maximum absolute atomic E-state index is 11.6. The molecule has 3 saturated heterocycles. The maximum atomic E-state index is 11.6. The van der Waals surface area contributed by atoms with Crippen molar-refractivity contribution in [3.05, 3.63) is 0 Å². The standard InChI is InChI=1S/C29H54N2O17/c30-8-9-31-17(34)7-5-3-1-2-4-6-10-43-28-25(42)26(48-29-24(41)22(39)19(36)15(12-33)46-29)20(37)16(47-28)13-44-27-23(40)21(38)18(35)14(11-32)45-27/h14-16,18-29,32-33,35-42H,1-13,30H2,(H,31,34)/t14-,15-,16-,18-,19-,20-,21+,22+,23+,24+,25+,26+,27+,28+,29-/m1/s1. The number of unbranched alkanes of at least 4 members (excludes halogenated alkanes) is 5. The molecule has 0 bridgehead atoms. The van der Waals surface area contributed by atoms with Crippen LogP contribution in [0.2, 0.25) is 0 Å². The van der Waals surface area contributed by atoms with Gasteiger partial charge in [-0.05, 0) is 12.8 Å². The minimum Gasteiger partial charge on any atom is -0.394 e. The van der Waals surface area contributed by atoms with Crippen LogP contribution in [-0.4, -0.2) is 189 Å². The maximum Gasteiger partial charge on any atom is 0.220 e. The number of aliphatic hydroxyl groups is 10. The summed E-state index contributed by atoms with van der Waals surface area (Å²) in [6, 6.07) is 0. The van der Waals surface area contributed by atoms with Crippen LogP contribution >= 0.6 is 0 Å². The molecule has 0 saturated carbocycles. The van der Waals surface area contributed by atoms with Gasteiger partial charge in [-0.15, -0.1) is 0 Å². The van der Waals surface area contributed by atoms with E-state index < -0.39 is 112 Å². The Hall–Kier alpha value is -1.21.